The van der Waals surface area contributed by atoms with Crippen molar-refractivity contribution in [2.24, 2.45) is 0 Å². The molecule has 5 nitrogen and oxygen atoms in total. The lowest BCUT2D eigenvalue weighted by Crippen LogP contribution is -2.21. The number of hydrogen-bond donors (Lipinski definition) is 0. The zero-order valence-corrected chi connectivity index (χ0v) is 25.8. The van der Waals surface area contributed by atoms with E-state index in [-0.39, 0.29) is 0 Å². The topological polar surface area (TPSA) is 43.2 Å². The van der Waals surface area contributed by atoms with E-state index in [0.717, 1.165) is 61.7 Å². The number of nitrogens with zero attached hydrogens (tertiary/aromatic N) is 4. The summed E-state index contributed by atoms with van der Waals surface area (Å²) in [5.41, 5.74) is 5.10. The van der Waals surface area contributed by atoms with Crippen molar-refractivity contribution in [2.45, 2.75) is 96.9 Å². The van der Waals surface area contributed by atoms with Crippen LogP contribution in [-0.4, -0.2) is 21.4 Å². The van der Waals surface area contributed by atoms with Crippen LogP contribution in [0.4, 0.5) is 30.2 Å². The first-order valence-electron chi connectivity index (χ1n) is 16.1. The summed E-state index contributed by atoms with van der Waals surface area (Å²) < 4.78 is 48.7. The molecule has 44 heavy (non-hydrogen) atoms. The average molecular weight is 605 g/mol. The second kappa shape index (κ2) is 14.9. The van der Waals surface area contributed by atoms with Gasteiger partial charge in [0.15, 0.2) is 11.9 Å². The van der Waals surface area contributed by atoms with E-state index < -0.39 is 18.1 Å². The van der Waals surface area contributed by atoms with Gasteiger partial charge in [-0.25, -0.2) is 4.68 Å². The van der Waals surface area contributed by atoms with Crippen LogP contribution in [0.15, 0.2) is 72.9 Å². The van der Waals surface area contributed by atoms with Crippen LogP contribution in [0.3, 0.4) is 0 Å². The highest BCUT2D eigenvalue weighted by Crippen LogP contribution is 2.39. The SMILES string of the molecule is CCCCCc1ccc(N(c2ccc(CCCCC)cc2)c2ccnc(-c3cc(C(F)(F)F)nn3C3CCCCO3)c2)cc1. The third kappa shape index (κ3) is 7.89. The van der Waals surface area contributed by atoms with Crippen LogP contribution in [0.2, 0.25) is 0 Å². The predicted octanol–water partition coefficient (Wildman–Crippen LogP) is 10.6. The Labute approximate surface area is 259 Å². The van der Waals surface area contributed by atoms with Gasteiger partial charge in [0.05, 0.1) is 11.4 Å². The molecule has 2 aromatic carbocycles. The van der Waals surface area contributed by atoms with Crippen LogP contribution in [0.1, 0.15) is 94.7 Å². The van der Waals surface area contributed by atoms with E-state index in [1.807, 2.05) is 12.1 Å². The summed E-state index contributed by atoms with van der Waals surface area (Å²) >= 11 is 0. The van der Waals surface area contributed by atoms with Crippen molar-refractivity contribution in [1.82, 2.24) is 14.8 Å². The van der Waals surface area contributed by atoms with Gasteiger partial charge in [0.25, 0.3) is 0 Å². The number of alkyl halides is 3. The van der Waals surface area contributed by atoms with Crippen molar-refractivity contribution in [3.8, 4) is 11.4 Å². The number of anilines is 3. The number of unbranched alkanes of at least 4 members (excludes halogenated alkanes) is 4. The van der Waals surface area contributed by atoms with Crippen molar-refractivity contribution >= 4 is 17.1 Å². The van der Waals surface area contributed by atoms with Gasteiger partial charge in [-0.2, -0.15) is 18.3 Å². The van der Waals surface area contributed by atoms with Crippen LogP contribution in [0.25, 0.3) is 11.4 Å². The highest BCUT2D eigenvalue weighted by molar-refractivity contribution is 5.78. The number of aryl methyl sites for hydroxylation is 2. The Balaban J connectivity index is 1.53. The maximum atomic E-state index is 13.8. The molecule has 8 heteroatoms. The first kappa shape index (κ1) is 31.8. The number of rotatable bonds is 13. The van der Waals surface area contributed by atoms with Crippen LogP contribution in [-0.2, 0) is 23.8 Å². The summed E-state index contributed by atoms with van der Waals surface area (Å²) in [7, 11) is 0. The molecule has 0 bridgehead atoms. The molecule has 0 saturated carbocycles. The fourth-order valence-electron chi connectivity index (χ4n) is 5.79. The normalized spacial score (nSPS) is 15.4. The first-order valence-corrected chi connectivity index (χ1v) is 16.1. The van der Waals surface area contributed by atoms with Gasteiger partial charge in [-0.05, 0) is 98.5 Å². The lowest BCUT2D eigenvalue weighted by Gasteiger charge is -2.27. The number of hydrogen-bond acceptors (Lipinski definition) is 4. The molecule has 0 radical (unpaired) electrons. The Bertz CT molecular complexity index is 1400. The highest BCUT2D eigenvalue weighted by Gasteiger charge is 2.36. The van der Waals surface area contributed by atoms with Crippen molar-refractivity contribution in [3.63, 3.8) is 0 Å². The fraction of sp³-hybridized carbons (Fsp3) is 0.444. The van der Waals surface area contributed by atoms with Gasteiger partial charge in [0, 0.05) is 29.9 Å². The Morgan fingerprint density at radius 1 is 0.795 bits per heavy atom. The summed E-state index contributed by atoms with van der Waals surface area (Å²) in [4.78, 5) is 6.67. The van der Waals surface area contributed by atoms with E-state index in [0.29, 0.717) is 24.4 Å². The summed E-state index contributed by atoms with van der Waals surface area (Å²) in [6.07, 6.45) is 8.05. The first-order chi connectivity index (χ1) is 21.4. The van der Waals surface area contributed by atoms with Gasteiger partial charge in [-0.15, -0.1) is 0 Å². The van der Waals surface area contributed by atoms with Crippen LogP contribution in [0, 0.1) is 0 Å². The zero-order chi connectivity index (χ0) is 30.9. The van der Waals surface area contributed by atoms with E-state index in [9.17, 15) is 13.2 Å². The van der Waals surface area contributed by atoms with Gasteiger partial charge in [0.2, 0.25) is 0 Å². The second-order valence-corrected chi connectivity index (χ2v) is 11.7. The fourth-order valence-corrected chi connectivity index (χ4v) is 5.79. The second-order valence-electron chi connectivity index (χ2n) is 11.7. The maximum Gasteiger partial charge on any atom is 0.435 e. The van der Waals surface area contributed by atoms with Crippen molar-refractivity contribution < 1.29 is 17.9 Å². The molecule has 0 aliphatic carbocycles. The minimum atomic E-state index is -4.57. The third-order valence-electron chi connectivity index (χ3n) is 8.25. The highest BCUT2D eigenvalue weighted by atomic mass is 19.4. The largest absolute Gasteiger partial charge is 0.435 e. The quantitative estimate of drug-likeness (QED) is 0.142. The van der Waals surface area contributed by atoms with E-state index >= 15 is 0 Å². The van der Waals surface area contributed by atoms with Gasteiger partial charge in [-0.1, -0.05) is 63.8 Å². The molecule has 0 spiro atoms. The standard InChI is InChI=1S/C36H43F3N4O/c1-3-5-7-11-27-14-18-29(19-15-27)42(30-20-16-28(17-21-30)12-8-6-4-2)31-22-23-40-32(25-31)33-26-34(36(37,38)39)41-43(33)35-13-9-10-24-44-35/h14-23,25-26,35H,3-13,24H2,1-2H3. The third-order valence-corrected chi connectivity index (χ3v) is 8.25. The number of pyridine rings is 1. The summed E-state index contributed by atoms with van der Waals surface area (Å²) in [6, 6.07) is 22.0. The Morgan fingerprint density at radius 3 is 1.93 bits per heavy atom. The molecule has 2 aromatic heterocycles. The zero-order valence-electron chi connectivity index (χ0n) is 25.8. The van der Waals surface area contributed by atoms with E-state index in [1.54, 1.807) is 6.20 Å². The molecule has 5 rings (SSSR count). The molecule has 1 unspecified atom stereocenters. The molecule has 1 aliphatic heterocycles. The molecular formula is C36H43F3N4O. The van der Waals surface area contributed by atoms with Gasteiger partial charge in [0.1, 0.15) is 0 Å². The maximum absolute atomic E-state index is 13.8. The monoisotopic (exact) mass is 604 g/mol. The van der Waals surface area contributed by atoms with E-state index in [4.69, 9.17) is 4.74 Å². The number of benzene rings is 2. The molecule has 1 fully saturated rings. The van der Waals surface area contributed by atoms with Crippen LogP contribution >= 0.6 is 0 Å². The smallest absolute Gasteiger partial charge is 0.356 e. The lowest BCUT2D eigenvalue weighted by molar-refractivity contribution is -0.142. The number of halogens is 3. The molecule has 4 aromatic rings. The van der Waals surface area contributed by atoms with Gasteiger partial charge >= 0.3 is 6.18 Å². The number of aromatic nitrogens is 3. The van der Waals surface area contributed by atoms with Crippen LogP contribution < -0.4 is 4.90 Å². The minimum Gasteiger partial charge on any atom is -0.356 e. The molecule has 0 amide bonds. The molecule has 3 heterocycles. The summed E-state index contributed by atoms with van der Waals surface area (Å²) in [5.74, 6) is 0. The summed E-state index contributed by atoms with van der Waals surface area (Å²) in [6.45, 7) is 4.91. The molecular weight excluding hydrogens is 561 g/mol. The van der Waals surface area contributed by atoms with E-state index in [1.165, 1.54) is 41.5 Å². The van der Waals surface area contributed by atoms with Gasteiger partial charge < -0.3 is 9.64 Å². The minimum absolute atomic E-state index is 0.295. The molecule has 1 atom stereocenters. The predicted molar refractivity (Wildman–Crippen MR) is 170 cm³/mol. The summed E-state index contributed by atoms with van der Waals surface area (Å²) in [5, 5.41) is 3.97. The van der Waals surface area contributed by atoms with Crippen molar-refractivity contribution in [2.75, 3.05) is 11.5 Å². The Morgan fingerprint density at radius 2 is 1.41 bits per heavy atom. The molecule has 1 saturated heterocycles. The van der Waals surface area contributed by atoms with Crippen LogP contribution in [0.5, 0.6) is 0 Å². The van der Waals surface area contributed by atoms with Crippen molar-refractivity contribution in [3.05, 3.63) is 89.7 Å². The molecule has 1 aliphatic rings. The molecule has 234 valence electrons. The van der Waals surface area contributed by atoms with Crippen molar-refractivity contribution in [1.29, 1.82) is 0 Å². The van der Waals surface area contributed by atoms with Gasteiger partial charge in [-0.3, -0.25) is 4.98 Å². The van der Waals surface area contributed by atoms with E-state index in [2.05, 4.69) is 77.4 Å². The number of ether oxygens (including phenoxy) is 1. The molecule has 0 N–H and O–H groups in total. The Kier molecular flexibility index (Phi) is 10.7. The Hall–Kier alpha value is -3.65. The lowest BCUT2D eigenvalue weighted by atomic mass is 10.0. The average Bonchev–Trinajstić information content (AvgIpc) is 3.50.